The third-order valence-electron chi connectivity index (χ3n) is 6.81. The molecule has 42 heavy (non-hydrogen) atoms. The smallest absolute Gasteiger partial charge is 0.264 e. The third-order valence-corrected chi connectivity index (χ3v) is 8.59. The Hall–Kier alpha value is -4.43. The Morgan fingerprint density at radius 2 is 1.21 bits per heavy atom. The van der Waals surface area contributed by atoms with Gasteiger partial charge in [0.2, 0.25) is 11.8 Å². The summed E-state index contributed by atoms with van der Waals surface area (Å²) in [6, 6.07) is 34.7. The van der Waals surface area contributed by atoms with Crippen LogP contribution >= 0.6 is 0 Å². The molecule has 2 amide bonds. The zero-order valence-electron chi connectivity index (χ0n) is 24.0. The van der Waals surface area contributed by atoms with Crippen molar-refractivity contribution >= 4 is 27.5 Å². The average molecular weight is 584 g/mol. The lowest BCUT2D eigenvalue weighted by molar-refractivity contribution is -0.140. The fraction of sp³-hybridized carbons (Fsp3) is 0.235. The van der Waals surface area contributed by atoms with E-state index < -0.39 is 28.5 Å². The molecule has 0 aliphatic carbocycles. The van der Waals surface area contributed by atoms with Crippen molar-refractivity contribution < 1.29 is 18.0 Å². The van der Waals surface area contributed by atoms with Gasteiger partial charge in [-0.05, 0) is 41.3 Å². The van der Waals surface area contributed by atoms with Gasteiger partial charge in [0.1, 0.15) is 12.6 Å². The number of carbonyl (C=O) groups excluding carboxylic acids is 2. The number of nitrogens with one attached hydrogen (secondary N) is 1. The molecule has 8 heteroatoms. The molecule has 4 rings (SSSR count). The van der Waals surface area contributed by atoms with Crippen molar-refractivity contribution in [1.82, 2.24) is 10.2 Å². The van der Waals surface area contributed by atoms with Gasteiger partial charge in [-0.1, -0.05) is 111 Å². The monoisotopic (exact) mass is 583 g/mol. The number of para-hydroxylation sites is 1. The first-order valence-corrected chi connectivity index (χ1v) is 15.5. The van der Waals surface area contributed by atoms with Crippen LogP contribution in [0.1, 0.15) is 25.0 Å². The van der Waals surface area contributed by atoms with Gasteiger partial charge in [-0.15, -0.1) is 0 Å². The Bertz CT molecular complexity index is 1530. The number of hydrogen-bond donors (Lipinski definition) is 1. The molecule has 0 bridgehead atoms. The fourth-order valence-corrected chi connectivity index (χ4v) is 6.03. The highest BCUT2D eigenvalue weighted by atomic mass is 32.2. The maximum absolute atomic E-state index is 14.3. The number of benzene rings is 4. The van der Waals surface area contributed by atoms with E-state index in [1.54, 1.807) is 48.5 Å². The van der Waals surface area contributed by atoms with Crippen LogP contribution in [0.2, 0.25) is 0 Å². The molecule has 218 valence electrons. The van der Waals surface area contributed by atoms with Crippen molar-refractivity contribution in [3.8, 4) is 0 Å². The predicted molar refractivity (Wildman–Crippen MR) is 166 cm³/mol. The number of anilines is 1. The molecule has 0 spiro atoms. The second-order valence-electron chi connectivity index (χ2n) is 10.5. The van der Waals surface area contributed by atoms with E-state index in [1.807, 2.05) is 74.5 Å². The highest BCUT2D eigenvalue weighted by molar-refractivity contribution is 7.92. The van der Waals surface area contributed by atoms with E-state index in [1.165, 1.54) is 17.0 Å². The number of nitrogens with zero attached hydrogens (tertiary/aromatic N) is 2. The zero-order valence-corrected chi connectivity index (χ0v) is 24.8. The van der Waals surface area contributed by atoms with Gasteiger partial charge < -0.3 is 10.2 Å². The van der Waals surface area contributed by atoms with Crippen LogP contribution in [0.5, 0.6) is 0 Å². The molecule has 0 fully saturated rings. The minimum atomic E-state index is -4.10. The maximum Gasteiger partial charge on any atom is 0.264 e. The quantitative estimate of drug-likeness (QED) is 0.232. The number of rotatable bonds is 13. The molecule has 4 aromatic rings. The summed E-state index contributed by atoms with van der Waals surface area (Å²) in [5, 5.41) is 3.00. The average Bonchev–Trinajstić information content (AvgIpc) is 3.02. The third kappa shape index (κ3) is 8.07. The highest BCUT2D eigenvalue weighted by Gasteiger charge is 2.34. The van der Waals surface area contributed by atoms with Crippen LogP contribution in [0.3, 0.4) is 0 Å². The second kappa shape index (κ2) is 14.5. The van der Waals surface area contributed by atoms with Crippen LogP contribution in [0, 0.1) is 5.92 Å². The Labute approximate surface area is 248 Å². The van der Waals surface area contributed by atoms with Crippen molar-refractivity contribution in [3.63, 3.8) is 0 Å². The molecular formula is C34H37N3O4S. The van der Waals surface area contributed by atoms with Crippen LogP contribution in [-0.2, 0) is 32.6 Å². The van der Waals surface area contributed by atoms with E-state index in [9.17, 15) is 18.0 Å². The molecule has 7 nitrogen and oxygen atoms in total. The van der Waals surface area contributed by atoms with Crippen LogP contribution in [-0.4, -0.2) is 44.3 Å². The Morgan fingerprint density at radius 1 is 0.714 bits per heavy atom. The number of hydrogen-bond acceptors (Lipinski definition) is 4. The van der Waals surface area contributed by atoms with Gasteiger partial charge in [-0.3, -0.25) is 13.9 Å². The molecule has 1 atom stereocenters. The van der Waals surface area contributed by atoms with E-state index in [0.717, 1.165) is 15.4 Å². The Balaban J connectivity index is 1.76. The Morgan fingerprint density at radius 3 is 1.76 bits per heavy atom. The molecule has 0 radical (unpaired) electrons. The largest absolute Gasteiger partial charge is 0.354 e. The van der Waals surface area contributed by atoms with Crippen LogP contribution < -0.4 is 9.62 Å². The molecule has 0 aliphatic heterocycles. The van der Waals surface area contributed by atoms with Gasteiger partial charge in [-0.2, -0.15) is 0 Å². The summed E-state index contributed by atoms with van der Waals surface area (Å²) >= 11 is 0. The van der Waals surface area contributed by atoms with Gasteiger partial charge in [0, 0.05) is 19.5 Å². The first kappa shape index (κ1) is 30.5. The maximum atomic E-state index is 14.3. The first-order valence-electron chi connectivity index (χ1n) is 14.0. The lowest BCUT2D eigenvalue weighted by Crippen LogP contribution is -2.53. The van der Waals surface area contributed by atoms with Gasteiger partial charge in [0.05, 0.1) is 10.6 Å². The molecule has 0 unspecified atom stereocenters. The molecule has 4 aromatic carbocycles. The van der Waals surface area contributed by atoms with Crippen molar-refractivity contribution in [2.24, 2.45) is 5.92 Å². The summed E-state index contributed by atoms with van der Waals surface area (Å²) < 4.78 is 28.9. The normalized spacial score (nSPS) is 12.0. The molecule has 1 N–H and O–H groups in total. The van der Waals surface area contributed by atoms with E-state index >= 15 is 0 Å². The number of carbonyl (C=O) groups is 2. The van der Waals surface area contributed by atoms with Crippen molar-refractivity contribution in [2.45, 2.75) is 37.8 Å². The van der Waals surface area contributed by atoms with E-state index in [-0.39, 0.29) is 29.7 Å². The summed E-state index contributed by atoms with van der Waals surface area (Å²) in [5.74, 6) is -0.550. The van der Waals surface area contributed by atoms with E-state index in [4.69, 9.17) is 0 Å². The van der Waals surface area contributed by atoms with Gasteiger partial charge in [0.25, 0.3) is 10.0 Å². The first-order chi connectivity index (χ1) is 20.3. The van der Waals surface area contributed by atoms with Crippen molar-refractivity contribution in [1.29, 1.82) is 0 Å². The van der Waals surface area contributed by atoms with E-state index in [0.29, 0.717) is 12.2 Å². The SMILES string of the molecule is CC(C)CNC(=O)[C@@H](Cc1ccccc1)N(Cc1ccccc1)C(=O)CN(c1ccccc1)S(=O)(=O)c1ccccc1. The zero-order chi connectivity index (χ0) is 30.0. The highest BCUT2D eigenvalue weighted by Crippen LogP contribution is 2.24. The Kier molecular flexibility index (Phi) is 10.5. The molecule has 0 saturated heterocycles. The van der Waals surface area contributed by atoms with Crippen LogP contribution in [0.25, 0.3) is 0 Å². The predicted octanol–water partition coefficient (Wildman–Crippen LogP) is 5.29. The molecular weight excluding hydrogens is 546 g/mol. The minimum absolute atomic E-state index is 0.0757. The van der Waals surface area contributed by atoms with Crippen molar-refractivity contribution in [2.75, 3.05) is 17.4 Å². The number of amides is 2. The van der Waals surface area contributed by atoms with Gasteiger partial charge in [-0.25, -0.2) is 8.42 Å². The van der Waals surface area contributed by atoms with Crippen LogP contribution in [0.15, 0.2) is 126 Å². The lowest BCUT2D eigenvalue weighted by Gasteiger charge is -2.34. The summed E-state index contributed by atoms with van der Waals surface area (Å²) in [4.78, 5) is 29.6. The van der Waals surface area contributed by atoms with Crippen molar-refractivity contribution in [3.05, 3.63) is 132 Å². The van der Waals surface area contributed by atoms with E-state index in [2.05, 4.69) is 5.32 Å². The summed E-state index contributed by atoms with van der Waals surface area (Å²) in [7, 11) is -4.10. The van der Waals surface area contributed by atoms with Crippen LogP contribution in [0.4, 0.5) is 5.69 Å². The standard InChI is InChI=1S/C34H37N3O4S/c1-27(2)24-35-34(39)32(23-28-15-7-3-8-16-28)36(25-29-17-9-4-10-18-29)33(38)26-37(30-19-11-5-12-20-30)42(40,41)31-21-13-6-14-22-31/h3-22,27,32H,23-26H2,1-2H3,(H,35,39)/t32-/m1/s1. The topological polar surface area (TPSA) is 86.8 Å². The second-order valence-corrected chi connectivity index (χ2v) is 12.4. The molecule has 0 heterocycles. The summed E-state index contributed by atoms with van der Waals surface area (Å²) in [5.41, 5.74) is 2.08. The summed E-state index contributed by atoms with van der Waals surface area (Å²) in [6.45, 7) is 4.13. The molecule has 0 saturated carbocycles. The lowest BCUT2D eigenvalue weighted by atomic mass is 10.0. The summed E-state index contributed by atoms with van der Waals surface area (Å²) in [6.07, 6.45) is 0.278. The molecule has 0 aromatic heterocycles. The number of sulfonamides is 1. The van der Waals surface area contributed by atoms with Gasteiger partial charge in [0.15, 0.2) is 0 Å². The fourth-order valence-electron chi connectivity index (χ4n) is 4.60. The minimum Gasteiger partial charge on any atom is -0.354 e. The van der Waals surface area contributed by atoms with Gasteiger partial charge >= 0.3 is 0 Å². The molecule has 0 aliphatic rings.